The van der Waals surface area contributed by atoms with Crippen molar-refractivity contribution in [3.63, 3.8) is 0 Å². The predicted octanol–water partition coefficient (Wildman–Crippen LogP) is 2.81. The van der Waals surface area contributed by atoms with E-state index in [1.54, 1.807) is 24.3 Å². The number of benzene rings is 2. The highest BCUT2D eigenvalue weighted by Gasteiger charge is 2.22. The van der Waals surface area contributed by atoms with Crippen LogP contribution in [0, 0.1) is 17.5 Å². The molecular formula is C18H18F3NO4. The molecule has 26 heavy (non-hydrogen) atoms. The Kier molecular flexibility index (Phi) is 6.99. The van der Waals surface area contributed by atoms with Crippen LogP contribution >= 0.6 is 0 Å². The van der Waals surface area contributed by atoms with Crippen LogP contribution in [-0.2, 0) is 11.3 Å². The van der Waals surface area contributed by atoms with Crippen LogP contribution in [-0.4, -0.2) is 29.0 Å². The molecule has 2 atom stereocenters. The van der Waals surface area contributed by atoms with E-state index < -0.39 is 35.8 Å². The molecule has 5 nitrogen and oxygen atoms in total. The van der Waals surface area contributed by atoms with E-state index >= 15 is 0 Å². The summed E-state index contributed by atoms with van der Waals surface area (Å²) >= 11 is 0. The van der Waals surface area contributed by atoms with Gasteiger partial charge in [0.1, 0.15) is 12.7 Å². The van der Waals surface area contributed by atoms with Gasteiger partial charge in [0, 0.05) is 6.54 Å². The Morgan fingerprint density at radius 1 is 1.08 bits per heavy atom. The van der Waals surface area contributed by atoms with Crippen LogP contribution in [0.15, 0.2) is 42.5 Å². The fraction of sp³-hybridized carbons (Fsp3) is 0.278. The van der Waals surface area contributed by atoms with Gasteiger partial charge in [0.05, 0.1) is 6.10 Å². The van der Waals surface area contributed by atoms with Crippen molar-refractivity contribution < 1.29 is 32.9 Å². The smallest absolute Gasteiger partial charge is 0.407 e. The molecule has 3 N–H and O–H groups in total. The van der Waals surface area contributed by atoms with E-state index in [0.717, 1.165) is 5.56 Å². The summed E-state index contributed by atoms with van der Waals surface area (Å²) in [6, 6.07) is 10.2. The highest BCUT2D eigenvalue weighted by Crippen LogP contribution is 2.22. The quantitative estimate of drug-likeness (QED) is 0.656. The lowest BCUT2D eigenvalue weighted by Gasteiger charge is -2.18. The number of carbonyl (C=O) groups excluding carboxylic acids is 1. The van der Waals surface area contributed by atoms with E-state index in [0.29, 0.717) is 12.1 Å². The average molecular weight is 369 g/mol. The first-order chi connectivity index (χ1) is 12.4. The lowest BCUT2D eigenvalue weighted by atomic mass is 10.0. The number of carbonyl (C=O) groups is 1. The molecule has 2 rings (SSSR count). The lowest BCUT2D eigenvalue weighted by Crippen LogP contribution is -2.29. The van der Waals surface area contributed by atoms with E-state index in [1.807, 2.05) is 6.07 Å². The zero-order valence-electron chi connectivity index (χ0n) is 13.7. The molecule has 2 unspecified atom stereocenters. The molecule has 0 heterocycles. The molecule has 0 aliphatic heterocycles. The molecule has 0 bridgehead atoms. The molecule has 2 aromatic rings. The topological polar surface area (TPSA) is 78.8 Å². The van der Waals surface area contributed by atoms with Crippen LogP contribution in [0.25, 0.3) is 0 Å². The number of hydrogen-bond acceptors (Lipinski definition) is 4. The van der Waals surface area contributed by atoms with Gasteiger partial charge >= 0.3 is 6.09 Å². The van der Waals surface area contributed by atoms with Gasteiger partial charge in [-0.3, -0.25) is 0 Å². The summed E-state index contributed by atoms with van der Waals surface area (Å²) in [6.07, 6.45) is -3.88. The first-order valence-corrected chi connectivity index (χ1v) is 7.83. The summed E-state index contributed by atoms with van der Waals surface area (Å²) in [5.41, 5.74) is 0.499. The maximum absolute atomic E-state index is 13.2. The highest BCUT2D eigenvalue weighted by atomic mass is 19.2. The van der Waals surface area contributed by atoms with Crippen molar-refractivity contribution in [2.75, 3.05) is 6.54 Å². The van der Waals surface area contributed by atoms with Gasteiger partial charge in [-0.1, -0.05) is 30.3 Å². The molecule has 8 heteroatoms. The van der Waals surface area contributed by atoms with Gasteiger partial charge in [-0.05, 0) is 29.7 Å². The minimum Gasteiger partial charge on any atom is -0.445 e. The molecule has 2 aromatic carbocycles. The summed E-state index contributed by atoms with van der Waals surface area (Å²) in [4.78, 5) is 11.5. The Bertz CT molecular complexity index is 719. The number of hydrogen-bond donors (Lipinski definition) is 3. The third kappa shape index (κ3) is 5.47. The fourth-order valence-electron chi connectivity index (χ4n) is 2.22. The Morgan fingerprint density at radius 3 is 2.31 bits per heavy atom. The standard InChI is InChI=1S/C18H18F3NO4/c19-13-8-12(9-14(20)16(13)21)17(24)15(23)6-7-22-18(25)26-10-11-4-2-1-3-5-11/h1-5,8-9,15,17,23-24H,6-7,10H2,(H,22,25). The van der Waals surface area contributed by atoms with Crippen molar-refractivity contribution in [3.05, 3.63) is 71.0 Å². The molecule has 0 saturated carbocycles. The van der Waals surface area contributed by atoms with Gasteiger partial charge in [0.25, 0.3) is 0 Å². The zero-order chi connectivity index (χ0) is 19.1. The van der Waals surface area contributed by atoms with Crippen LogP contribution < -0.4 is 5.32 Å². The summed E-state index contributed by atoms with van der Waals surface area (Å²) in [5, 5.41) is 22.1. The third-order valence-electron chi connectivity index (χ3n) is 3.63. The van der Waals surface area contributed by atoms with Gasteiger partial charge in [0.2, 0.25) is 0 Å². The Labute approximate surface area is 148 Å². The Balaban J connectivity index is 1.77. The second-order valence-electron chi connectivity index (χ2n) is 5.59. The van der Waals surface area contributed by atoms with Crippen molar-refractivity contribution >= 4 is 6.09 Å². The summed E-state index contributed by atoms with van der Waals surface area (Å²) in [7, 11) is 0. The largest absolute Gasteiger partial charge is 0.445 e. The van der Waals surface area contributed by atoms with Gasteiger partial charge in [-0.25, -0.2) is 18.0 Å². The first kappa shape index (κ1) is 19.7. The van der Waals surface area contributed by atoms with Crippen LogP contribution in [0.4, 0.5) is 18.0 Å². The normalized spacial score (nSPS) is 13.1. The van der Waals surface area contributed by atoms with Gasteiger partial charge < -0.3 is 20.3 Å². The molecule has 0 fully saturated rings. The van der Waals surface area contributed by atoms with Gasteiger partial charge in [-0.15, -0.1) is 0 Å². The molecular weight excluding hydrogens is 351 g/mol. The van der Waals surface area contributed by atoms with Crippen LogP contribution in [0.5, 0.6) is 0 Å². The van der Waals surface area contributed by atoms with Crippen molar-refractivity contribution in [1.29, 1.82) is 0 Å². The third-order valence-corrected chi connectivity index (χ3v) is 3.63. The van der Waals surface area contributed by atoms with Crippen LogP contribution in [0.1, 0.15) is 23.7 Å². The molecule has 0 aliphatic carbocycles. The average Bonchev–Trinajstić information content (AvgIpc) is 2.64. The van der Waals surface area contributed by atoms with Crippen LogP contribution in [0.2, 0.25) is 0 Å². The Hall–Kier alpha value is -2.58. The highest BCUT2D eigenvalue weighted by molar-refractivity contribution is 5.67. The van der Waals surface area contributed by atoms with E-state index in [4.69, 9.17) is 4.74 Å². The summed E-state index contributed by atoms with van der Waals surface area (Å²) < 4.78 is 44.2. The number of nitrogens with one attached hydrogen (secondary N) is 1. The molecule has 1 amide bonds. The fourth-order valence-corrected chi connectivity index (χ4v) is 2.22. The molecule has 0 radical (unpaired) electrons. The summed E-state index contributed by atoms with van der Waals surface area (Å²) in [6.45, 7) is 0.0317. The number of ether oxygens (including phenoxy) is 1. The molecule has 140 valence electrons. The number of aliphatic hydroxyl groups is 2. The minimum absolute atomic E-state index is 0.0436. The van der Waals surface area contributed by atoms with Crippen molar-refractivity contribution in [1.82, 2.24) is 5.32 Å². The number of rotatable bonds is 7. The number of amides is 1. The van der Waals surface area contributed by atoms with Crippen molar-refractivity contribution in [2.24, 2.45) is 0 Å². The molecule has 0 saturated heterocycles. The van der Waals surface area contributed by atoms with Gasteiger partial charge in [-0.2, -0.15) is 0 Å². The van der Waals surface area contributed by atoms with E-state index in [-0.39, 0.29) is 25.1 Å². The zero-order valence-corrected chi connectivity index (χ0v) is 13.7. The number of aliphatic hydroxyl groups excluding tert-OH is 2. The van der Waals surface area contributed by atoms with E-state index in [9.17, 15) is 28.2 Å². The van der Waals surface area contributed by atoms with E-state index in [1.165, 1.54) is 0 Å². The monoisotopic (exact) mass is 369 g/mol. The number of halogens is 3. The molecule has 0 aliphatic rings. The summed E-state index contributed by atoms with van der Waals surface area (Å²) in [5.74, 6) is -4.58. The minimum atomic E-state index is -1.65. The molecule has 0 aromatic heterocycles. The van der Waals surface area contributed by atoms with Crippen molar-refractivity contribution in [3.8, 4) is 0 Å². The SMILES string of the molecule is O=C(NCCC(O)C(O)c1cc(F)c(F)c(F)c1)OCc1ccccc1. The second kappa shape index (κ2) is 9.21. The molecule has 0 spiro atoms. The van der Waals surface area contributed by atoms with Crippen molar-refractivity contribution in [2.45, 2.75) is 25.2 Å². The predicted molar refractivity (Wildman–Crippen MR) is 86.5 cm³/mol. The van der Waals surface area contributed by atoms with Crippen LogP contribution in [0.3, 0.4) is 0 Å². The second-order valence-corrected chi connectivity index (χ2v) is 5.59. The van der Waals surface area contributed by atoms with E-state index in [2.05, 4.69) is 5.32 Å². The Morgan fingerprint density at radius 2 is 1.69 bits per heavy atom. The van der Waals surface area contributed by atoms with Gasteiger partial charge in [0.15, 0.2) is 17.5 Å². The maximum atomic E-state index is 13.2. The number of alkyl carbamates (subject to hydrolysis) is 1. The first-order valence-electron chi connectivity index (χ1n) is 7.83. The maximum Gasteiger partial charge on any atom is 0.407 e. The lowest BCUT2D eigenvalue weighted by molar-refractivity contribution is 0.0132.